The number of nitrogens with zero attached hydrogens (tertiary/aromatic N) is 4. The lowest BCUT2D eigenvalue weighted by Gasteiger charge is -2.33. The molecule has 1 aromatic carbocycles. The van der Waals surface area contributed by atoms with Crippen molar-refractivity contribution in [3.05, 3.63) is 40.3 Å². The number of rotatable bonds is 8. The fourth-order valence-electron chi connectivity index (χ4n) is 4.49. The smallest absolute Gasteiger partial charge is 0.260 e. The van der Waals surface area contributed by atoms with Crippen LogP contribution in [0.15, 0.2) is 34.1 Å². The van der Waals surface area contributed by atoms with Crippen LogP contribution in [-0.2, 0) is 16.6 Å². The molecule has 0 aliphatic carbocycles. The van der Waals surface area contributed by atoms with E-state index in [1.807, 2.05) is 24.6 Å². The third kappa shape index (κ3) is 4.49. The minimum Gasteiger partial charge on any atom is -0.493 e. The Kier molecular flexibility index (Phi) is 7.11. The normalized spacial score (nSPS) is 15.8. The summed E-state index contributed by atoms with van der Waals surface area (Å²) in [7, 11) is -3.70. The van der Waals surface area contributed by atoms with Gasteiger partial charge in [0.05, 0.1) is 22.5 Å². The maximum atomic E-state index is 13.4. The Bertz CT molecular complexity index is 1340. The number of ether oxygens (including phenoxy) is 1. The van der Waals surface area contributed by atoms with Gasteiger partial charge in [-0.25, -0.2) is 13.4 Å². The van der Waals surface area contributed by atoms with Crippen LogP contribution in [0.1, 0.15) is 32.8 Å². The van der Waals surface area contributed by atoms with Crippen LogP contribution in [0.2, 0.25) is 0 Å². The van der Waals surface area contributed by atoms with Gasteiger partial charge < -0.3 is 19.2 Å². The average molecular weight is 488 g/mol. The van der Waals surface area contributed by atoms with Crippen LogP contribution in [0, 0.1) is 6.92 Å². The van der Waals surface area contributed by atoms with E-state index in [2.05, 4.69) is 23.7 Å². The molecule has 2 aromatic heterocycles. The fraction of sp³-hybridized carbons (Fsp3) is 0.500. The highest BCUT2D eigenvalue weighted by molar-refractivity contribution is 7.89. The molecule has 10 heteroatoms. The predicted octanol–water partition coefficient (Wildman–Crippen LogP) is 2.83. The average Bonchev–Trinajstić information content (AvgIpc) is 3.15. The Morgan fingerprint density at radius 3 is 2.50 bits per heavy atom. The highest BCUT2D eigenvalue weighted by atomic mass is 32.2. The van der Waals surface area contributed by atoms with Crippen molar-refractivity contribution in [2.24, 2.45) is 0 Å². The van der Waals surface area contributed by atoms with Gasteiger partial charge in [-0.3, -0.25) is 4.79 Å². The summed E-state index contributed by atoms with van der Waals surface area (Å²) in [4.78, 5) is 23.0. The third-order valence-electron chi connectivity index (χ3n) is 6.30. The van der Waals surface area contributed by atoms with Gasteiger partial charge in [0.25, 0.3) is 5.56 Å². The number of hydrogen-bond acceptors (Lipinski definition) is 6. The first kappa shape index (κ1) is 24.4. The number of sulfonamides is 1. The van der Waals surface area contributed by atoms with E-state index in [0.717, 1.165) is 25.1 Å². The quantitative estimate of drug-likeness (QED) is 0.524. The lowest BCUT2D eigenvalue weighted by atomic mass is 10.1. The van der Waals surface area contributed by atoms with Gasteiger partial charge in [0.2, 0.25) is 10.0 Å². The van der Waals surface area contributed by atoms with Crippen LogP contribution in [0.25, 0.3) is 22.4 Å². The van der Waals surface area contributed by atoms with Gasteiger partial charge >= 0.3 is 0 Å². The van der Waals surface area contributed by atoms with Crippen LogP contribution in [-0.4, -0.2) is 71.5 Å². The van der Waals surface area contributed by atoms with Crippen molar-refractivity contribution in [3.63, 3.8) is 0 Å². The predicted molar refractivity (Wildman–Crippen MR) is 133 cm³/mol. The largest absolute Gasteiger partial charge is 0.493 e. The Hall–Kier alpha value is -2.69. The first-order chi connectivity index (χ1) is 16.3. The summed E-state index contributed by atoms with van der Waals surface area (Å²) in [6.07, 6.45) is 2.83. The van der Waals surface area contributed by atoms with Crippen molar-refractivity contribution in [3.8, 4) is 17.1 Å². The molecule has 0 radical (unpaired) electrons. The number of H-pyrrole nitrogens is 1. The van der Waals surface area contributed by atoms with E-state index < -0.39 is 10.0 Å². The Morgan fingerprint density at radius 1 is 1.12 bits per heavy atom. The molecule has 9 nitrogen and oxygen atoms in total. The molecule has 3 aromatic rings. The van der Waals surface area contributed by atoms with Crippen molar-refractivity contribution >= 4 is 21.1 Å². The van der Waals surface area contributed by atoms with E-state index in [-0.39, 0.29) is 10.5 Å². The van der Waals surface area contributed by atoms with Crippen molar-refractivity contribution in [1.29, 1.82) is 0 Å². The number of likely N-dealkylation sites (N-methyl/N-ethyl adjacent to an activating group) is 1. The van der Waals surface area contributed by atoms with Crippen LogP contribution < -0.4 is 10.3 Å². The molecule has 4 rings (SSSR count). The van der Waals surface area contributed by atoms with E-state index in [9.17, 15) is 13.2 Å². The first-order valence-corrected chi connectivity index (χ1v) is 13.3. The first-order valence-electron chi connectivity index (χ1n) is 11.9. The number of fused-ring (bicyclic) bond motifs is 1. The topological polar surface area (TPSA) is 101 Å². The van der Waals surface area contributed by atoms with Gasteiger partial charge in [-0.2, -0.15) is 4.31 Å². The summed E-state index contributed by atoms with van der Waals surface area (Å²) in [6.45, 7) is 12.2. The summed E-state index contributed by atoms with van der Waals surface area (Å²) in [5, 5.41) is 0.549. The van der Waals surface area contributed by atoms with E-state index in [1.54, 1.807) is 18.2 Å². The second-order valence-corrected chi connectivity index (χ2v) is 10.5. The molecule has 1 saturated heterocycles. The summed E-state index contributed by atoms with van der Waals surface area (Å²) < 4.78 is 36.1. The molecule has 0 atom stereocenters. The van der Waals surface area contributed by atoms with E-state index in [4.69, 9.17) is 9.72 Å². The summed E-state index contributed by atoms with van der Waals surface area (Å²) in [5.74, 6) is 0.773. The number of benzene rings is 1. The molecule has 3 heterocycles. The molecular formula is C24H33N5O4S. The minimum absolute atomic E-state index is 0.166. The Labute approximate surface area is 200 Å². The maximum absolute atomic E-state index is 13.4. The number of aromatic nitrogens is 3. The van der Waals surface area contributed by atoms with Gasteiger partial charge in [-0.15, -0.1) is 0 Å². The van der Waals surface area contributed by atoms with Gasteiger partial charge in [-0.1, -0.05) is 13.8 Å². The molecule has 0 unspecified atom stereocenters. The summed E-state index contributed by atoms with van der Waals surface area (Å²) >= 11 is 0. The molecule has 0 saturated carbocycles. The molecule has 34 heavy (non-hydrogen) atoms. The van der Waals surface area contributed by atoms with Crippen LogP contribution in [0.4, 0.5) is 0 Å². The molecule has 0 spiro atoms. The zero-order chi connectivity index (χ0) is 24.5. The molecule has 184 valence electrons. The minimum atomic E-state index is -3.70. The summed E-state index contributed by atoms with van der Waals surface area (Å²) in [5.41, 5.74) is 1.65. The molecule has 1 aliphatic heterocycles. The number of aromatic amines is 1. The van der Waals surface area contributed by atoms with Gasteiger partial charge in [0.15, 0.2) is 0 Å². The lowest BCUT2D eigenvalue weighted by molar-refractivity contribution is 0.196. The number of nitrogens with one attached hydrogen (secondary N) is 1. The molecular weight excluding hydrogens is 454 g/mol. The number of aryl methyl sites for hydroxylation is 2. The van der Waals surface area contributed by atoms with Gasteiger partial charge in [0.1, 0.15) is 17.2 Å². The zero-order valence-electron chi connectivity index (χ0n) is 20.3. The molecule has 1 N–H and O–H groups in total. The van der Waals surface area contributed by atoms with Crippen molar-refractivity contribution in [1.82, 2.24) is 23.7 Å². The SMILES string of the molecule is CCCn1cc(C)c2c(=O)[nH]c(-c3cc(S(=O)(=O)N4CCN(CC)CC4)ccc3OCC)nc21. The highest BCUT2D eigenvalue weighted by Crippen LogP contribution is 2.32. The van der Waals surface area contributed by atoms with Crippen molar-refractivity contribution in [2.75, 3.05) is 39.3 Å². The molecule has 1 fully saturated rings. The van der Waals surface area contributed by atoms with Crippen LogP contribution >= 0.6 is 0 Å². The fourth-order valence-corrected chi connectivity index (χ4v) is 5.94. The van der Waals surface area contributed by atoms with E-state index in [0.29, 0.717) is 61.0 Å². The molecule has 1 aliphatic rings. The van der Waals surface area contributed by atoms with Gasteiger partial charge in [0, 0.05) is 38.9 Å². The second-order valence-electron chi connectivity index (χ2n) is 8.55. The third-order valence-corrected chi connectivity index (χ3v) is 8.20. The van der Waals surface area contributed by atoms with Crippen LogP contribution in [0.5, 0.6) is 5.75 Å². The molecule has 0 bridgehead atoms. The highest BCUT2D eigenvalue weighted by Gasteiger charge is 2.29. The zero-order valence-corrected chi connectivity index (χ0v) is 21.1. The Morgan fingerprint density at radius 2 is 1.85 bits per heavy atom. The lowest BCUT2D eigenvalue weighted by Crippen LogP contribution is -2.48. The van der Waals surface area contributed by atoms with E-state index >= 15 is 0 Å². The monoisotopic (exact) mass is 487 g/mol. The standard InChI is InChI=1S/C24H33N5O4S/c1-5-10-28-16-17(4)21-23(28)25-22(26-24(21)30)19-15-18(8-9-20(19)33-7-3)34(31,32)29-13-11-27(6-2)12-14-29/h8-9,15-16H,5-7,10-14H2,1-4H3,(H,25,26,30). The summed E-state index contributed by atoms with van der Waals surface area (Å²) in [6, 6.07) is 4.78. The maximum Gasteiger partial charge on any atom is 0.260 e. The van der Waals surface area contributed by atoms with E-state index in [1.165, 1.54) is 4.31 Å². The van der Waals surface area contributed by atoms with Crippen molar-refractivity contribution < 1.29 is 13.2 Å². The Balaban J connectivity index is 1.82. The second kappa shape index (κ2) is 9.89. The van der Waals surface area contributed by atoms with Gasteiger partial charge in [-0.05, 0) is 50.6 Å². The van der Waals surface area contributed by atoms with Crippen LogP contribution in [0.3, 0.4) is 0 Å². The number of hydrogen-bond donors (Lipinski definition) is 1. The van der Waals surface area contributed by atoms with Crippen molar-refractivity contribution in [2.45, 2.75) is 45.6 Å². The number of piperazine rings is 1. The molecule has 0 amide bonds.